The quantitative estimate of drug-likeness (QED) is 0.307. The van der Waals surface area contributed by atoms with Crippen molar-refractivity contribution in [2.75, 3.05) is 40.0 Å². The van der Waals surface area contributed by atoms with Gasteiger partial charge in [-0.25, -0.2) is 4.99 Å². The first-order valence-electron chi connectivity index (χ1n) is 10.5. The van der Waals surface area contributed by atoms with Gasteiger partial charge >= 0.3 is 0 Å². The molecule has 0 aromatic heterocycles. The van der Waals surface area contributed by atoms with Crippen molar-refractivity contribution in [1.82, 2.24) is 10.6 Å². The van der Waals surface area contributed by atoms with Crippen molar-refractivity contribution in [1.29, 1.82) is 0 Å². The van der Waals surface area contributed by atoms with Crippen LogP contribution in [0.1, 0.15) is 51.0 Å². The minimum Gasteiger partial charge on any atom is -0.491 e. The molecule has 0 aliphatic heterocycles. The van der Waals surface area contributed by atoms with E-state index in [2.05, 4.69) is 23.6 Å². The van der Waals surface area contributed by atoms with Crippen LogP contribution in [0.5, 0.6) is 5.75 Å². The summed E-state index contributed by atoms with van der Waals surface area (Å²) in [6.07, 6.45) is 7.04. The molecular formula is C22H37N3O3. The number of guanidine groups is 1. The molecule has 158 valence electrons. The summed E-state index contributed by atoms with van der Waals surface area (Å²) in [7, 11) is 1.67. The van der Waals surface area contributed by atoms with E-state index in [1.54, 1.807) is 7.11 Å². The number of aliphatic imine (C=N–C) groups is 1. The molecule has 0 bridgehead atoms. The molecule has 0 unspecified atom stereocenters. The number of methoxy groups -OCH3 is 1. The van der Waals surface area contributed by atoms with Crippen LogP contribution in [-0.4, -0.2) is 51.1 Å². The van der Waals surface area contributed by atoms with E-state index >= 15 is 0 Å². The van der Waals surface area contributed by atoms with E-state index in [9.17, 15) is 5.11 Å². The fraction of sp³-hybridized carbons (Fsp3) is 0.682. The molecule has 0 saturated heterocycles. The number of ether oxygens (including phenoxy) is 2. The molecule has 1 saturated carbocycles. The number of aliphatic hydroxyl groups is 1. The monoisotopic (exact) mass is 391 g/mol. The van der Waals surface area contributed by atoms with E-state index in [-0.39, 0.29) is 12.0 Å². The van der Waals surface area contributed by atoms with Crippen LogP contribution < -0.4 is 15.4 Å². The van der Waals surface area contributed by atoms with Crippen molar-refractivity contribution in [2.24, 2.45) is 10.4 Å². The normalized spacial score (nSPS) is 16.6. The van der Waals surface area contributed by atoms with Crippen LogP contribution in [0.25, 0.3) is 0 Å². The van der Waals surface area contributed by atoms with Gasteiger partial charge in [0, 0.05) is 26.8 Å². The Bertz CT molecular complexity index is 581. The summed E-state index contributed by atoms with van der Waals surface area (Å²) in [6.45, 7) is 5.71. The zero-order valence-corrected chi connectivity index (χ0v) is 17.5. The number of hydrogen-bond donors (Lipinski definition) is 3. The molecule has 2 rings (SSSR count). The van der Waals surface area contributed by atoms with Crippen LogP contribution in [0, 0.1) is 5.41 Å². The molecule has 0 heterocycles. The molecule has 1 fully saturated rings. The fourth-order valence-corrected chi connectivity index (χ4v) is 3.81. The first kappa shape index (κ1) is 22.5. The van der Waals surface area contributed by atoms with Crippen LogP contribution in [0.4, 0.5) is 0 Å². The van der Waals surface area contributed by atoms with Gasteiger partial charge in [0.25, 0.3) is 0 Å². The van der Waals surface area contributed by atoms with E-state index < -0.39 is 0 Å². The lowest BCUT2D eigenvalue weighted by Crippen LogP contribution is -2.44. The fourth-order valence-electron chi connectivity index (χ4n) is 3.81. The predicted octanol–water partition coefficient (Wildman–Crippen LogP) is 3.10. The number of nitrogens with zero attached hydrogens (tertiary/aromatic N) is 1. The summed E-state index contributed by atoms with van der Waals surface area (Å²) in [5.41, 5.74) is 1.30. The highest BCUT2D eigenvalue weighted by atomic mass is 16.5. The second kappa shape index (κ2) is 12.6. The number of rotatable bonds is 11. The minimum absolute atomic E-state index is 0.193. The van der Waals surface area contributed by atoms with Gasteiger partial charge in [0.2, 0.25) is 0 Å². The minimum atomic E-state index is 0.193. The first-order chi connectivity index (χ1) is 13.7. The lowest BCUT2D eigenvalue weighted by atomic mass is 9.72. The SMILES string of the molecule is CCNC(=NCc1cccc(OCCOC)c1)NCC1(CCO)CCCCC1. The van der Waals surface area contributed by atoms with Crippen LogP contribution >= 0.6 is 0 Å². The zero-order valence-electron chi connectivity index (χ0n) is 17.5. The summed E-state index contributed by atoms with van der Waals surface area (Å²) in [6, 6.07) is 8.03. The molecule has 3 N–H and O–H groups in total. The lowest BCUT2D eigenvalue weighted by molar-refractivity contribution is 0.131. The summed E-state index contributed by atoms with van der Waals surface area (Å²) >= 11 is 0. The van der Waals surface area contributed by atoms with Crippen molar-refractivity contribution in [2.45, 2.75) is 52.0 Å². The largest absolute Gasteiger partial charge is 0.491 e. The number of benzene rings is 1. The van der Waals surface area contributed by atoms with Crippen molar-refractivity contribution in [3.63, 3.8) is 0 Å². The summed E-state index contributed by atoms with van der Waals surface area (Å²) in [4.78, 5) is 4.75. The molecule has 28 heavy (non-hydrogen) atoms. The van der Waals surface area contributed by atoms with E-state index in [1.165, 1.54) is 32.1 Å². The van der Waals surface area contributed by atoms with E-state index in [4.69, 9.17) is 14.5 Å². The third-order valence-corrected chi connectivity index (χ3v) is 5.41. The molecule has 1 aromatic carbocycles. The third-order valence-electron chi connectivity index (χ3n) is 5.41. The summed E-state index contributed by atoms with van der Waals surface area (Å²) < 4.78 is 10.7. The Morgan fingerprint density at radius 1 is 1.18 bits per heavy atom. The van der Waals surface area contributed by atoms with Gasteiger partial charge in [0.1, 0.15) is 12.4 Å². The molecule has 0 spiro atoms. The van der Waals surface area contributed by atoms with Gasteiger partial charge in [0.15, 0.2) is 5.96 Å². The molecule has 6 nitrogen and oxygen atoms in total. The second-order valence-electron chi connectivity index (χ2n) is 7.57. The van der Waals surface area contributed by atoms with Gasteiger partial charge in [-0.2, -0.15) is 0 Å². The number of aliphatic hydroxyl groups excluding tert-OH is 1. The molecule has 0 atom stereocenters. The highest BCUT2D eigenvalue weighted by Crippen LogP contribution is 2.38. The number of nitrogens with one attached hydrogen (secondary N) is 2. The summed E-state index contributed by atoms with van der Waals surface area (Å²) in [5, 5.41) is 16.4. The standard InChI is InChI=1S/C22H37N3O3/c1-3-23-21(25-18-22(12-13-26)10-5-4-6-11-22)24-17-19-8-7-9-20(16-19)28-15-14-27-2/h7-9,16,26H,3-6,10-15,17-18H2,1-2H3,(H2,23,24,25). The highest BCUT2D eigenvalue weighted by molar-refractivity contribution is 5.79. The second-order valence-corrected chi connectivity index (χ2v) is 7.57. The van der Waals surface area contributed by atoms with Crippen molar-refractivity contribution >= 4 is 5.96 Å². The Morgan fingerprint density at radius 3 is 2.71 bits per heavy atom. The van der Waals surface area contributed by atoms with Crippen LogP contribution in [0.3, 0.4) is 0 Å². The van der Waals surface area contributed by atoms with Gasteiger partial charge < -0.3 is 25.2 Å². The Hall–Kier alpha value is -1.79. The molecule has 1 aromatic rings. The Morgan fingerprint density at radius 2 is 2.00 bits per heavy atom. The number of hydrogen-bond acceptors (Lipinski definition) is 4. The zero-order chi connectivity index (χ0) is 20.1. The Kier molecular flexibility index (Phi) is 10.1. The van der Waals surface area contributed by atoms with Crippen LogP contribution in [0.15, 0.2) is 29.3 Å². The van der Waals surface area contributed by atoms with Gasteiger partial charge in [-0.15, -0.1) is 0 Å². The maximum absolute atomic E-state index is 9.51. The van der Waals surface area contributed by atoms with Crippen molar-refractivity contribution in [3.05, 3.63) is 29.8 Å². The molecular weight excluding hydrogens is 354 g/mol. The summed E-state index contributed by atoms with van der Waals surface area (Å²) in [5.74, 6) is 1.67. The molecule has 6 heteroatoms. The molecule has 1 aliphatic carbocycles. The lowest BCUT2D eigenvalue weighted by Gasteiger charge is -2.37. The van der Waals surface area contributed by atoms with Crippen LogP contribution in [-0.2, 0) is 11.3 Å². The molecule has 0 amide bonds. The van der Waals surface area contributed by atoms with Gasteiger partial charge in [-0.05, 0) is 49.3 Å². The highest BCUT2D eigenvalue weighted by Gasteiger charge is 2.31. The van der Waals surface area contributed by atoms with Gasteiger partial charge in [0.05, 0.1) is 13.2 Å². The van der Waals surface area contributed by atoms with Crippen LogP contribution in [0.2, 0.25) is 0 Å². The van der Waals surface area contributed by atoms with Crippen molar-refractivity contribution in [3.8, 4) is 5.75 Å². The maximum atomic E-state index is 9.51. The topological polar surface area (TPSA) is 75.1 Å². The Balaban J connectivity index is 1.95. The van der Waals surface area contributed by atoms with E-state index in [1.807, 2.05) is 18.2 Å². The molecule has 1 aliphatic rings. The van der Waals surface area contributed by atoms with Crippen molar-refractivity contribution < 1.29 is 14.6 Å². The third kappa shape index (κ3) is 7.68. The smallest absolute Gasteiger partial charge is 0.191 e. The molecule has 0 radical (unpaired) electrons. The maximum Gasteiger partial charge on any atom is 0.191 e. The van der Waals surface area contributed by atoms with Gasteiger partial charge in [-0.1, -0.05) is 31.4 Å². The first-order valence-corrected chi connectivity index (χ1v) is 10.5. The van der Waals surface area contributed by atoms with E-state index in [0.29, 0.717) is 19.8 Å². The average Bonchev–Trinajstić information content (AvgIpc) is 2.72. The van der Waals surface area contributed by atoms with E-state index in [0.717, 1.165) is 36.8 Å². The predicted molar refractivity (Wildman–Crippen MR) is 114 cm³/mol. The average molecular weight is 392 g/mol. The Labute approximate surface area is 169 Å². The van der Waals surface area contributed by atoms with Gasteiger partial charge in [-0.3, -0.25) is 0 Å².